The van der Waals surface area contributed by atoms with E-state index in [0.29, 0.717) is 12.2 Å². The highest BCUT2D eigenvalue weighted by atomic mass is 79.9. The number of esters is 1. The van der Waals surface area contributed by atoms with Crippen molar-refractivity contribution in [2.24, 2.45) is 0 Å². The van der Waals surface area contributed by atoms with Crippen molar-refractivity contribution in [2.75, 3.05) is 13.7 Å². The first kappa shape index (κ1) is 13.8. The molecule has 0 unspecified atom stereocenters. The van der Waals surface area contributed by atoms with E-state index in [0.717, 1.165) is 15.8 Å². The molecule has 4 heteroatoms. The van der Waals surface area contributed by atoms with Gasteiger partial charge >= 0.3 is 5.97 Å². The maximum atomic E-state index is 11.5. The summed E-state index contributed by atoms with van der Waals surface area (Å²) in [5, 5.41) is 0. The molecule has 0 saturated carbocycles. The van der Waals surface area contributed by atoms with Crippen molar-refractivity contribution in [1.29, 1.82) is 0 Å². The Morgan fingerprint density at radius 3 is 2.76 bits per heavy atom. The van der Waals surface area contributed by atoms with Gasteiger partial charge in [0.15, 0.2) is 0 Å². The summed E-state index contributed by atoms with van der Waals surface area (Å²) >= 11 is 3.38. The first-order chi connectivity index (χ1) is 8.08. The Bertz CT molecular complexity index is 438. The maximum absolute atomic E-state index is 11.5. The van der Waals surface area contributed by atoms with E-state index in [1.807, 2.05) is 18.2 Å². The minimum atomic E-state index is -0.311. The van der Waals surface area contributed by atoms with Gasteiger partial charge in [-0.3, -0.25) is 0 Å². The molecule has 0 fully saturated rings. The van der Waals surface area contributed by atoms with Gasteiger partial charge in [-0.15, -0.1) is 0 Å². The van der Waals surface area contributed by atoms with Crippen LogP contribution in [0.25, 0.3) is 6.08 Å². The van der Waals surface area contributed by atoms with E-state index < -0.39 is 0 Å². The molecule has 0 amide bonds. The standard InChI is InChI=1S/C13H15BrO3/c1-4-17-13(15)9(2)7-10-8-11(14)5-6-12(10)16-3/h5-8H,4H2,1-3H3/b9-7+. The fourth-order valence-electron chi connectivity index (χ4n) is 1.36. The molecule has 1 rings (SSSR count). The highest BCUT2D eigenvalue weighted by Gasteiger charge is 2.07. The zero-order valence-corrected chi connectivity index (χ0v) is 11.7. The lowest BCUT2D eigenvalue weighted by Crippen LogP contribution is -2.04. The molecule has 0 saturated heterocycles. The van der Waals surface area contributed by atoms with Gasteiger partial charge in [-0.2, -0.15) is 0 Å². The summed E-state index contributed by atoms with van der Waals surface area (Å²) in [5.41, 5.74) is 1.38. The number of halogens is 1. The lowest BCUT2D eigenvalue weighted by atomic mass is 10.1. The summed E-state index contributed by atoms with van der Waals surface area (Å²) in [6, 6.07) is 5.62. The first-order valence-corrected chi connectivity index (χ1v) is 6.06. The number of ether oxygens (including phenoxy) is 2. The number of hydrogen-bond donors (Lipinski definition) is 0. The Labute approximate surface area is 110 Å². The third kappa shape index (κ3) is 3.89. The van der Waals surface area contributed by atoms with Crippen molar-refractivity contribution in [2.45, 2.75) is 13.8 Å². The molecule has 1 aromatic rings. The van der Waals surface area contributed by atoms with Crippen molar-refractivity contribution in [3.8, 4) is 5.75 Å². The summed E-state index contributed by atoms with van der Waals surface area (Å²) in [7, 11) is 1.60. The Kier molecular flexibility index (Phi) is 5.22. The molecule has 0 aliphatic rings. The van der Waals surface area contributed by atoms with Gasteiger partial charge in [0.2, 0.25) is 0 Å². The predicted molar refractivity (Wildman–Crippen MR) is 71.0 cm³/mol. The smallest absolute Gasteiger partial charge is 0.333 e. The molecular weight excluding hydrogens is 284 g/mol. The zero-order valence-electron chi connectivity index (χ0n) is 10.1. The minimum Gasteiger partial charge on any atom is -0.496 e. The second-order valence-electron chi connectivity index (χ2n) is 3.43. The molecule has 0 aromatic heterocycles. The SMILES string of the molecule is CCOC(=O)/C(C)=C/c1cc(Br)ccc1OC. The van der Waals surface area contributed by atoms with E-state index in [9.17, 15) is 4.79 Å². The molecule has 0 heterocycles. The molecule has 0 bridgehead atoms. The molecule has 3 nitrogen and oxygen atoms in total. The fraction of sp³-hybridized carbons (Fsp3) is 0.308. The van der Waals surface area contributed by atoms with Crippen LogP contribution in [0.4, 0.5) is 0 Å². The maximum Gasteiger partial charge on any atom is 0.333 e. The average molecular weight is 299 g/mol. The summed E-state index contributed by atoms with van der Waals surface area (Å²) in [4.78, 5) is 11.5. The van der Waals surface area contributed by atoms with Crippen LogP contribution >= 0.6 is 15.9 Å². The van der Waals surface area contributed by atoms with Gasteiger partial charge in [-0.25, -0.2) is 4.79 Å². The Morgan fingerprint density at radius 1 is 1.47 bits per heavy atom. The van der Waals surface area contributed by atoms with Crippen LogP contribution in [0, 0.1) is 0 Å². The highest BCUT2D eigenvalue weighted by molar-refractivity contribution is 9.10. The predicted octanol–water partition coefficient (Wildman–Crippen LogP) is 3.42. The fourth-order valence-corrected chi connectivity index (χ4v) is 1.73. The molecule has 0 aliphatic carbocycles. The summed E-state index contributed by atoms with van der Waals surface area (Å²) in [6.07, 6.45) is 1.75. The van der Waals surface area contributed by atoms with Gasteiger partial charge in [0.1, 0.15) is 5.75 Å². The van der Waals surface area contributed by atoms with Crippen molar-refractivity contribution in [3.05, 3.63) is 33.8 Å². The van der Waals surface area contributed by atoms with Gasteiger partial charge in [0, 0.05) is 15.6 Å². The second kappa shape index (κ2) is 6.45. The van der Waals surface area contributed by atoms with E-state index >= 15 is 0 Å². The highest BCUT2D eigenvalue weighted by Crippen LogP contribution is 2.25. The topological polar surface area (TPSA) is 35.5 Å². The van der Waals surface area contributed by atoms with Crippen LogP contribution in [0.1, 0.15) is 19.4 Å². The third-order valence-corrected chi connectivity index (χ3v) is 2.65. The summed E-state index contributed by atoms with van der Waals surface area (Å²) in [6.45, 7) is 3.88. The van der Waals surface area contributed by atoms with Gasteiger partial charge in [0.05, 0.1) is 13.7 Å². The first-order valence-electron chi connectivity index (χ1n) is 5.27. The number of carbonyl (C=O) groups excluding carboxylic acids is 1. The van der Waals surface area contributed by atoms with Gasteiger partial charge in [0.25, 0.3) is 0 Å². The Balaban J connectivity index is 3.03. The molecule has 17 heavy (non-hydrogen) atoms. The largest absolute Gasteiger partial charge is 0.496 e. The van der Waals surface area contributed by atoms with Gasteiger partial charge < -0.3 is 9.47 Å². The number of methoxy groups -OCH3 is 1. The molecule has 92 valence electrons. The second-order valence-corrected chi connectivity index (χ2v) is 4.35. The van der Waals surface area contributed by atoms with Crippen molar-refractivity contribution in [3.63, 3.8) is 0 Å². The molecule has 0 atom stereocenters. The summed E-state index contributed by atoms with van der Waals surface area (Å²) < 4.78 is 11.1. The average Bonchev–Trinajstić information content (AvgIpc) is 2.29. The zero-order chi connectivity index (χ0) is 12.8. The van der Waals surface area contributed by atoms with E-state index in [1.54, 1.807) is 27.0 Å². The van der Waals surface area contributed by atoms with E-state index in [4.69, 9.17) is 9.47 Å². The van der Waals surface area contributed by atoms with Gasteiger partial charge in [-0.1, -0.05) is 15.9 Å². The van der Waals surface area contributed by atoms with Crippen LogP contribution in [0.5, 0.6) is 5.75 Å². The minimum absolute atomic E-state index is 0.311. The van der Waals surface area contributed by atoms with Crippen molar-refractivity contribution in [1.82, 2.24) is 0 Å². The van der Waals surface area contributed by atoms with Crippen LogP contribution in [-0.2, 0) is 9.53 Å². The lowest BCUT2D eigenvalue weighted by Gasteiger charge is -2.07. The number of carbonyl (C=O) groups is 1. The number of benzene rings is 1. The normalized spacial score (nSPS) is 11.2. The Hall–Kier alpha value is -1.29. The van der Waals surface area contributed by atoms with E-state index in [1.165, 1.54) is 0 Å². The molecule has 0 spiro atoms. The van der Waals surface area contributed by atoms with Crippen LogP contribution < -0.4 is 4.74 Å². The van der Waals surface area contributed by atoms with Crippen LogP contribution in [0.3, 0.4) is 0 Å². The monoisotopic (exact) mass is 298 g/mol. The van der Waals surface area contributed by atoms with Crippen molar-refractivity contribution < 1.29 is 14.3 Å². The summed E-state index contributed by atoms with van der Waals surface area (Å²) in [5.74, 6) is 0.409. The van der Waals surface area contributed by atoms with Crippen LogP contribution in [-0.4, -0.2) is 19.7 Å². The van der Waals surface area contributed by atoms with Crippen molar-refractivity contribution >= 4 is 28.0 Å². The molecule has 1 aromatic carbocycles. The Morgan fingerprint density at radius 2 is 2.18 bits per heavy atom. The quantitative estimate of drug-likeness (QED) is 0.631. The third-order valence-electron chi connectivity index (χ3n) is 2.16. The van der Waals surface area contributed by atoms with Crippen LogP contribution in [0.15, 0.2) is 28.2 Å². The van der Waals surface area contributed by atoms with E-state index in [2.05, 4.69) is 15.9 Å². The lowest BCUT2D eigenvalue weighted by molar-refractivity contribution is -0.138. The number of hydrogen-bond acceptors (Lipinski definition) is 3. The number of rotatable bonds is 4. The molecule has 0 N–H and O–H groups in total. The molecule has 0 aliphatic heterocycles. The van der Waals surface area contributed by atoms with E-state index in [-0.39, 0.29) is 5.97 Å². The van der Waals surface area contributed by atoms with Crippen LogP contribution in [0.2, 0.25) is 0 Å². The molecule has 0 radical (unpaired) electrons. The molecular formula is C13H15BrO3. The van der Waals surface area contributed by atoms with Gasteiger partial charge in [-0.05, 0) is 38.1 Å².